The quantitative estimate of drug-likeness (QED) is 0.590. The number of guanidine groups is 1. The fourth-order valence-corrected chi connectivity index (χ4v) is 3.22. The zero-order valence-electron chi connectivity index (χ0n) is 15.0. The molecule has 0 aliphatic heterocycles. The van der Waals surface area contributed by atoms with Crippen molar-refractivity contribution in [3.63, 3.8) is 0 Å². The van der Waals surface area contributed by atoms with E-state index in [0.717, 1.165) is 23.9 Å². The highest BCUT2D eigenvalue weighted by Gasteiger charge is 2.15. The predicted molar refractivity (Wildman–Crippen MR) is 104 cm³/mol. The maximum Gasteiger partial charge on any atom is 0.191 e. The third-order valence-corrected chi connectivity index (χ3v) is 5.23. The molecular formula is C19H28N4S. The van der Waals surface area contributed by atoms with E-state index in [2.05, 4.69) is 78.6 Å². The number of hydrogen-bond donors (Lipinski definition) is 2. The normalized spacial score (nSPS) is 14.2. The zero-order chi connectivity index (χ0) is 17.4. The first kappa shape index (κ1) is 18.5. The largest absolute Gasteiger partial charge is 0.357 e. The Morgan fingerprint density at radius 2 is 1.96 bits per heavy atom. The van der Waals surface area contributed by atoms with Gasteiger partial charge < -0.3 is 10.6 Å². The van der Waals surface area contributed by atoms with Crippen LogP contribution in [0, 0.1) is 0 Å². The molecule has 0 aliphatic rings. The molecule has 2 atom stereocenters. The minimum atomic E-state index is 0.285. The van der Waals surface area contributed by atoms with Crippen molar-refractivity contribution in [3.8, 4) is 0 Å². The zero-order valence-corrected chi connectivity index (χ0v) is 15.9. The molecule has 0 spiro atoms. The van der Waals surface area contributed by atoms with Crippen LogP contribution in [0.5, 0.6) is 0 Å². The number of aliphatic imine (C=N–C) groups is 1. The van der Waals surface area contributed by atoms with Crippen LogP contribution in [-0.2, 0) is 13.0 Å². The number of rotatable bonds is 7. The van der Waals surface area contributed by atoms with E-state index in [-0.39, 0.29) is 6.04 Å². The molecule has 4 nitrogen and oxygen atoms in total. The van der Waals surface area contributed by atoms with Crippen LogP contribution < -0.4 is 10.6 Å². The second kappa shape index (κ2) is 9.42. The highest BCUT2D eigenvalue weighted by Crippen LogP contribution is 2.18. The lowest BCUT2D eigenvalue weighted by Gasteiger charge is -2.24. The molecule has 1 aromatic heterocycles. The van der Waals surface area contributed by atoms with Gasteiger partial charge >= 0.3 is 0 Å². The number of nitrogens with one attached hydrogen (secondary N) is 2. The van der Waals surface area contributed by atoms with E-state index in [4.69, 9.17) is 0 Å². The van der Waals surface area contributed by atoms with Gasteiger partial charge in [-0.15, -0.1) is 11.3 Å². The van der Waals surface area contributed by atoms with Gasteiger partial charge in [0.1, 0.15) is 5.01 Å². The monoisotopic (exact) mass is 344 g/mol. The Bertz CT molecular complexity index is 636. The van der Waals surface area contributed by atoms with E-state index < -0.39 is 0 Å². The minimum absolute atomic E-state index is 0.285. The summed E-state index contributed by atoms with van der Waals surface area (Å²) < 4.78 is 0. The summed E-state index contributed by atoms with van der Waals surface area (Å²) in [6.07, 6.45) is 2.99. The molecule has 130 valence electrons. The number of nitrogens with zero attached hydrogens (tertiary/aromatic N) is 2. The van der Waals surface area contributed by atoms with Crippen LogP contribution in [0.2, 0.25) is 0 Å². The predicted octanol–water partition coefficient (Wildman–Crippen LogP) is 3.95. The maximum absolute atomic E-state index is 4.69. The van der Waals surface area contributed by atoms with Crippen LogP contribution in [-0.4, -0.2) is 23.5 Å². The molecule has 0 radical (unpaired) electrons. The molecule has 0 bridgehead atoms. The molecular weight excluding hydrogens is 316 g/mol. The first-order chi connectivity index (χ1) is 11.6. The van der Waals surface area contributed by atoms with Gasteiger partial charge in [-0.25, -0.2) is 9.98 Å². The van der Waals surface area contributed by atoms with E-state index in [9.17, 15) is 0 Å². The molecule has 2 unspecified atom stereocenters. The number of benzene rings is 1. The van der Waals surface area contributed by atoms with E-state index in [1.54, 1.807) is 11.3 Å². The number of hydrogen-bond acceptors (Lipinski definition) is 3. The van der Waals surface area contributed by atoms with Crippen molar-refractivity contribution >= 4 is 17.3 Å². The van der Waals surface area contributed by atoms with Gasteiger partial charge in [0.2, 0.25) is 0 Å². The summed E-state index contributed by atoms with van der Waals surface area (Å²) in [4.78, 5) is 10.4. The molecule has 5 heteroatoms. The van der Waals surface area contributed by atoms with Crippen molar-refractivity contribution < 1.29 is 0 Å². The fraction of sp³-hybridized carbons (Fsp3) is 0.474. The minimum Gasteiger partial charge on any atom is -0.357 e. The van der Waals surface area contributed by atoms with Gasteiger partial charge in [0, 0.05) is 29.6 Å². The Kier molecular flexibility index (Phi) is 7.25. The molecule has 0 aliphatic carbocycles. The fourth-order valence-electron chi connectivity index (χ4n) is 2.44. The molecule has 2 N–H and O–H groups in total. The Morgan fingerprint density at radius 3 is 2.58 bits per heavy atom. The molecule has 0 saturated heterocycles. The average molecular weight is 345 g/mol. The van der Waals surface area contributed by atoms with Crippen molar-refractivity contribution in [2.45, 2.75) is 52.6 Å². The lowest BCUT2D eigenvalue weighted by molar-refractivity contribution is 0.550. The second-order valence-electron chi connectivity index (χ2n) is 5.90. The van der Waals surface area contributed by atoms with Gasteiger partial charge in [-0.05, 0) is 25.8 Å². The van der Waals surface area contributed by atoms with Gasteiger partial charge in [0.15, 0.2) is 5.96 Å². The first-order valence-corrected chi connectivity index (χ1v) is 9.49. The average Bonchev–Trinajstić information content (AvgIpc) is 3.08. The molecule has 0 amide bonds. The van der Waals surface area contributed by atoms with Crippen molar-refractivity contribution in [1.29, 1.82) is 0 Å². The maximum atomic E-state index is 4.69. The van der Waals surface area contributed by atoms with Crippen molar-refractivity contribution in [2.75, 3.05) is 6.54 Å². The molecule has 0 fully saturated rings. The summed E-state index contributed by atoms with van der Waals surface area (Å²) >= 11 is 1.74. The Hall–Kier alpha value is -1.88. The standard InChI is InChI=1S/C19H28N4S/c1-5-17-12-21-18(24-17)13-22-19(20-6-2)23-15(4)14(3)16-10-8-7-9-11-16/h7-12,14-15H,5-6,13H2,1-4H3,(H2,20,22,23). The van der Waals surface area contributed by atoms with Crippen LogP contribution in [0.25, 0.3) is 0 Å². The van der Waals surface area contributed by atoms with Crippen molar-refractivity contribution in [2.24, 2.45) is 4.99 Å². The number of aryl methyl sites for hydroxylation is 1. The van der Waals surface area contributed by atoms with Crippen molar-refractivity contribution in [1.82, 2.24) is 15.6 Å². The SMILES string of the molecule is CCNC(=NCc1ncc(CC)s1)NC(C)C(C)c1ccccc1. The van der Waals surface area contributed by atoms with Gasteiger partial charge in [0.05, 0.1) is 6.54 Å². The smallest absolute Gasteiger partial charge is 0.191 e. The Morgan fingerprint density at radius 1 is 1.21 bits per heavy atom. The number of thiazole rings is 1. The van der Waals surface area contributed by atoms with Crippen LogP contribution in [0.1, 0.15) is 49.1 Å². The van der Waals surface area contributed by atoms with Crippen LogP contribution >= 0.6 is 11.3 Å². The van der Waals surface area contributed by atoms with Crippen molar-refractivity contribution in [3.05, 3.63) is 52.0 Å². The lowest BCUT2D eigenvalue weighted by Crippen LogP contribution is -2.44. The summed E-state index contributed by atoms with van der Waals surface area (Å²) in [5.74, 6) is 1.25. The van der Waals surface area contributed by atoms with Gasteiger partial charge in [-0.2, -0.15) is 0 Å². The molecule has 2 rings (SSSR count). The highest BCUT2D eigenvalue weighted by molar-refractivity contribution is 7.11. The molecule has 1 heterocycles. The summed E-state index contributed by atoms with van der Waals surface area (Å²) in [7, 11) is 0. The molecule has 1 aromatic carbocycles. The van der Waals surface area contributed by atoms with Gasteiger partial charge in [-0.1, -0.05) is 44.2 Å². The van der Waals surface area contributed by atoms with Crippen LogP contribution in [0.4, 0.5) is 0 Å². The lowest BCUT2D eigenvalue weighted by atomic mass is 9.94. The summed E-state index contributed by atoms with van der Waals surface area (Å²) in [6.45, 7) is 10.1. The summed E-state index contributed by atoms with van der Waals surface area (Å²) in [5.41, 5.74) is 1.33. The molecule has 2 aromatic rings. The number of aromatic nitrogens is 1. The van der Waals surface area contributed by atoms with Crippen LogP contribution in [0.3, 0.4) is 0 Å². The Labute approximate surface area is 149 Å². The highest BCUT2D eigenvalue weighted by atomic mass is 32.1. The van der Waals surface area contributed by atoms with E-state index in [1.165, 1.54) is 10.4 Å². The molecule has 0 saturated carbocycles. The van der Waals surface area contributed by atoms with E-state index in [1.807, 2.05) is 6.20 Å². The topological polar surface area (TPSA) is 49.3 Å². The second-order valence-corrected chi connectivity index (χ2v) is 7.10. The van der Waals surface area contributed by atoms with Gasteiger partial charge in [-0.3, -0.25) is 0 Å². The van der Waals surface area contributed by atoms with E-state index >= 15 is 0 Å². The summed E-state index contributed by atoms with van der Waals surface area (Å²) in [5, 5.41) is 7.91. The third kappa shape index (κ3) is 5.34. The third-order valence-electron chi connectivity index (χ3n) is 4.11. The Balaban J connectivity index is 2.00. The first-order valence-electron chi connectivity index (χ1n) is 8.67. The van der Waals surface area contributed by atoms with Gasteiger partial charge in [0.25, 0.3) is 0 Å². The summed E-state index contributed by atoms with van der Waals surface area (Å²) in [6, 6.07) is 10.9. The van der Waals surface area contributed by atoms with Crippen LogP contribution in [0.15, 0.2) is 41.5 Å². The molecule has 24 heavy (non-hydrogen) atoms. The van der Waals surface area contributed by atoms with E-state index in [0.29, 0.717) is 12.5 Å².